The molecule has 1 aliphatic heterocycles. The van der Waals surface area contributed by atoms with Crippen LogP contribution in [0.25, 0.3) is 0 Å². The Morgan fingerprint density at radius 2 is 2.30 bits per heavy atom. The van der Waals surface area contributed by atoms with Gasteiger partial charge < -0.3 is 0 Å². The Labute approximate surface area is 59.6 Å². The molecule has 10 heavy (non-hydrogen) atoms. The van der Waals surface area contributed by atoms with Gasteiger partial charge in [-0.1, -0.05) is 0 Å². The molecule has 0 aromatic rings. The topological polar surface area (TPSA) is 29.4 Å². The number of allylic oxidation sites excluding steroid dienone is 2. The second kappa shape index (κ2) is 2.04. The van der Waals surface area contributed by atoms with Crippen LogP contribution in [-0.4, -0.2) is 12.0 Å². The molecule has 0 bridgehead atoms. The predicted octanol–water partition coefficient (Wildman–Crippen LogP) is 1.47. The zero-order chi connectivity index (χ0) is 6.97. The third-order valence-corrected chi connectivity index (χ3v) is 2.05. The standard InChI is InChI=1S/C8H9NO/c10-8-4-5-9-7-3-1-2-6(7)8/h5H,1-4H2. The van der Waals surface area contributed by atoms with Crippen LogP contribution in [-0.2, 0) is 4.79 Å². The molecule has 0 fully saturated rings. The maximum absolute atomic E-state index is 11.1. The molecule has 2 nitrogen and oxygen atoms in total. The summed E-state index contributed by atoms with van der Waals surface area (Å²) >= 11 is 0. The lowest BCUT2D eigenvalue weighted by molar-refractivity contribution is -0.114. The highest BCUT2D eigenvalue weighted by Gasteiger charge is 2.21. The average molecular weight is 135 g/mol. The van der Waals surface area contributed by atoms with Gasteiger partial charge in [0.1, 0.15) is 0 Å². The minimum atomic E-state index is 0.294. The second-order valence-corrected chi connectivity index (χ2v) is 2.72. The number of aliphatic imine (C=N–C) groups is 1. The van der Waals surface area contributed by atoms with Crippen molar-refractivity contribution in [1.29, 1.82) is 0 Å². The van der Waals surface area contributed by atoms with E-state index in [1.54, 1.807) is 6.21 Å². The zero-order valence-electron chi connectivity index (χ0n) is 5.76. The van der Waals surface area contributed by atoms with Gasteiger partial charge >= 0.3 is 0 Å². The van der Waals surface area contributed by atoms with E-state index in [0.717, 1.165) is 30.5 Å². The second-order valence-electron chi connectivity index (χ2n) is 2.72. The molecule has 0 atom stereocenters. The molecule has 2 heteroatoms. The molecule has 0 aromatic carbocycles. The van der Waals surface area contributed by atoms with Crippen LogP contribution in [0.15, 0.2) is 16.3 Å². The van der Waals surface area contributed by atoms with Crippen molar-refractivity contribution < 1.29 is 4.79 Å². The van der Waals surface area contributed by atoms with Crippen LogP contribution in [0.5, 0.6) is 0 Å². The molecule has 1 heterocycles. The van der Waals surface area contributed by atoms with Crippen LogP contribution in [0, 0.1) is 0 Å². The minimum absolute atomic E-state index is 0.294. The number of hydrogen-bond acceptors (Lipinski definition) is 2. The van der Waals surface area contributed by atoms with Crippen molar-refractivity contribution in [2.75, 3.05) is 0 Å². The summed E-state index contributed by atoms with van der Waals surface area (Å²) in [5.41, 5.74) is 2.05. The molecule has 0 saturated heterocycles. The van der Waals surface area contributed by atoms with Gasteiger partial charge in [0.25, 0.3) is 0 Å². The summed E-state index contributed by atoms with van der Waals surface area (Å²) < 4.78 is 0. The number of nitrogens with zero attached hydrogens (tertiary/aromatic N) is 1. The molecule has 52 valence electrons. The van der Waals surface area contributed by atoms with Crippen molar-refractivity contribution in [2.45, 2.75) is 25.7 Å². The quantitative estimate of drug-likeness (QED) is 0.494. The summed E-state index contributed by atoms with van der Waals surface area (Å²) in [7, 11) is 0. The van der Waals surface area contributed by atoms with Crippen molar-refractivity contribution in [1.82, 2.24) is 0 Å². The molecular formula is C8H9NO. The first-order valence-electron chi connectivity index (χ1n) is 3.65. The summed E-state index contributed by atoms with van der Waals surface area (Å²) in [5, 5.41) is 0. The zero-order valence-corrected chi connectivity index (χ0v) is 5.76. The fourth-order valence-corrected chi connectivity index (χ4v) is 1.53. The Bertz CT molecular complexity index is 238. The van der Waals surface area contributed by atoms with E-state index in [2.05, 4.69) is 4.99 Å². The van der Waals surface area contributed by atoms with E-state index >= 15 is 0 Å². The Balaban J connectivity index is 2.39. The number of hydrogen-bond donors (Lipinski definition) is 0. The van der Waals surface area contributed by atoms with Crippen LogP contribution in [0.3, 0.4) is 0 Å². The number of carbonyl (C=O) groups is 1. The van der Waals surface area contributed by atoms with Crippen LogP contribution < -0.4 is 0 Å². The largest absolute Gasteiger partial charge is 0.294 e. The van der Waals surface area contributed by atoms with E-state index in [-0.39, 0.29) is 0 Å². The molecule has 0 radical (unpaired) electrons. The van der Waals surface area contributed by atoms with Gasteiger partial charge in [0.05, 0.1) is 0 Å². The van der Waals surface area contributed by atoms with E-state index in [1.165, 1.54) is 0 Å². The minimum Gasteiger partial charge on any atom is -0.294 e. The van der Waals surface area contributed by atoms with Crippen LogP contribution in [0.4, 0.5) is 0 Å². The number of carbonyl (C=O) groups excluding carboxylic acids is 1. The lowest BCUT2D eigenvalue weighted by Gasteiger charge is -2.04. The molecule has 0 N–H and O–H groups in total. The van der Waals surface area contributed by atoms with Gasteiger partial charge in [-0.15, -0.1) is 0 Å². The van der Waals surface area contributed by atoms with Gasteiger partial charge in [0.15, 0.2) is 5.78 Å². The molecule has 0 unspecified atom stereocenters. The van der Waals surface area contributed by atoms with E-state index < -0.39 is 0 Å². The summed E-state index contributed by atoms with van der Waals surface area (Å²) in [5.74, 6) is 0.294. The molecule has 0 aromatic heterocycles. The van der Waals surface area contributed by atoms with Crippen molar-refractivity contribution in [2.24, 2.45) is 4.99 Å². The summed E-state index contributed by atoms with van der Waals surface area (Å²) in [6, 6.07) is 0. The normalized spacial score (nSPS) is 23.8. The summed E-state index contributed by atoms with van der Waals surface area (Å²) in [6.45, 7) is 0. The summed E-state index contributed by atoms with van der Waals surface area (Å²) in [4.78, 5) is 15.3. The third-order valence-electron chi connectivity index (χ3n) is 2.05. The Morgan fingerprint density at radius 1 is 1.40 bits per heavy atom. The average Bonchev–Trinajstić information content (AvgIpc) is 2.36. The SMILES string of the molecule is O=C1CC=NC2=C1CCC2. The van der Waals surface area contributed by atoms with Gasteiger partial charge in [-0.3, -0.25) is 9.79 Å². The molecular weight excluding hydrogens is 126 g/mol. The van der Waals surface area contributed by atoms with Gasteiger partial charge in [-0.05, 0) is 19.3 Å². The lowest BCUT2D eigenvalue weighted by atomic mass is 10.1. The number of ketones is 1. The number of Topliss-reactive ketones (excluding diaryl/α,β-unsaturated/α-hetero) is 1. The van der Waals surface area contributed by atoms with Gasteiger partial charge in [0.2, 0.25) is 0 Å². The van der Waals surface area contributed by atoms with Crippen molar-refractivity contribution in [3.8, 4) is 0 Å². The van der Waals surface area contributed by atoms with Gasteiger partial charge in [-0.2, -0.15) is 0 Å². The Kier molecular flexibility index (Phi) is 1.19. The molecule has 0 saturated carbocycles. The van der Waals surface area contributed by atoms with Crippen molar-refractivity contribution in [3.05, 3.63) is 11.3 Å². The third kappa shape index (κ3) is 0.719. The van der Waals surface area contributed by atoms with E-state index in [4.69, 9.17) is 0 Å². The van der Waals surface area contributed by atoms with E-state index in [1.807, 2.05) is 0 Å². The molecule has 2 aliphatic rings. The van der Waals surface area contributed by atoms with Gasteiger partial charge in [-0.25, -0.2) is 0 Å². The monoisotopic (exact) mass is 135 g/mol. The van der Waals surface area contributed by atoms with E-state index in [9.17, 15) is 4.79 Å². The molecule has 0 spiro atoms. The predicted molar refractivity (Wildman–Crippen MR) is 39.0 cm³/mol. The van der Waals surface area contributed by atoms with E-state index in [0.29, 0.717) is 12.2 Å². The lowest BCUT2D eigenvalue weighted by Crippen LogP contribution is -2.06. The first-order chi connectivity index (χ1) is 4.88. The highest BCUT2D eigenvalue weighted by molar-refractivity contribution is 6.06. The summed E-state index contributed by atoms with van der Waals surface area (Å²) in [6.07, 6.45) is 5.35. The van der Waals surface area contributed by atoms with Crippen molar-refractivity contribution >= 4 is 12.0 Å². The van der Waals surface area contributed by atoms with Crippen LogP contribution >= 0.6 is 0 Å². The Morgan fingerprint density at radius 3 is 3.10 bits per heavy atom. The first kappa shape index (κ1) is 5.83. The fraction of sp³-hybridized carbons (Fsp3) is 0.500. The fourth-order valence-electron chi connectivity index (χ4n) is 1.53. The van der Waals surface area contributed by atoms with Crippen LogP contribution in [0.2, 0.25) is 0 Å². The smallest absolute Gasteiger partial charge is 0.165 e. The Hall–Kier alpha value is -0.920. The highest BCUT2D eigenvalue weighted by atomic mass is 16.1. The highest BCUT2D eigenvalue weighted by Crippen LogP contribution is 2.29. The maximum atomic E-state index is 11.1. The number of rotatable bonds is 0. The molecule has 0 amide bonds. The molecule has 2 rings (SSSR count). The first-order valence-corrected chi connectivity index (χ1v) is 3.65. The van der Waals surface area contributed by atoms with Gasteiger partial charge in [0, 0.05) is 23.9 Å². The van der Waals surface area contributed by atoms with Crippen LogP contribution in [0.1, 0.15) is 25.7 Å². The molecule has 1 aliphatic carbocycles. The van der Waals surface area contributed by atoms with Crippen molar-refractivity contribution in [3.63, 3.8) is 0 Å². The maximum Gasteiger partial charge on any atom is 0.165 e.